The van der Waals surface area contributed by atoms with Gasteiger partial charge in [-0.1, -0.05) is 29.8 Å². The van der Waals surface area contributed by atoms with Gasteiger partial charge in [0, 0.05) is 11.5 Å². The summed E-state index contributed by atoms with van der Waals surface area (Å²) in [7, 11) is 0.0958. The average molecular weight is 196 g/mol. The summed E-state index contributed by atoms with van der Waals surface area (Å²) in [5.41, 5.74) is 1.35. The van der Waals surface area contributed by atoms with Crippen molar-refractivity contribution in [3.8, 4) is 0 Å². The standard InChI is InChI=1S/C11H16OS/c1-10-2-4-11(5-3-10)13-8-6-12-7-9-13/h2-5,13H,6-9H2,1H3. The van der Waals surface area contributed by atoms with Gasteiger partial charge in [-0.15, -0.1) is 0 Å². The van der Waals surface area contributed by atoms with Crippen LogP contribution in [0.3, 0.4) is 0 Å². The van der Waals surface area contributed by atoms with Crippen molar-refractivity contribution in [2.24, 2.45) is 0 Å². The number of rotatable bonds is 1. The molecular weight excluding hydrogens is 180 g/mol. The largest absolute Gasteiger partial charge is 0.380 e. The number of ether oxygens (including phenoxy) is 1. The van der Waals surface area contributed by atoms with E-state index in [1.807, 2.05) is 0 Å². The Morgan fingerprint density at radius 1 is 1.08 bits per heavy atom. The van der Waals surface area contributed by atoms with E-state index in [0.717, 1.165) is 13.2 Å². The lowest BCUT2D eigenvalue weighted by Crippen LogP contribution is -2.14. The minimum atomic E-state index is 0.0958. The molecule has 1 aromatic rings. The highest BCUT2D eigenvalue weighted by Gasteiger charge is 2.10. The molecule has 1 aliphatic rings. The van der Waals surface area contributed by atoms with Crippen molar-refractivity contribution in [2.45, 2.75) is 11.8 Å². The van der Waals surface area contributed by atoms with E-state index in [1.54, 1.807) is 4.90 Å². The molecular formula is C11H16OS. The van der Waals surface area contributed by atoms with Crippen molar-refractivity contribution in [2.75, 3.05) is 24.7 Å². The van der Waals surface area contributed by atoms with Gasteiger partial charge in [-0.2, -0.15) is 0 Å². The fourth-order valence-electron chi connectivity index (χ4n) is 1.58. The molecule has 0 radical (unpaired) electrons. The maximum atomic E-state index is 5.36. The number of thiol groups is 1. The van der Waals surface area contributed by atoms with Crippen molar-refractivity contribution < 1.29 is 4.74 Å². The van der Waals surface area contributed by atoms with Crippen molar-refractivity contribution in [1.82, 2.24) is 0 Å². The van der Waals surface area contributed by atoms with Gasteiger partial charge in [0.2, 0.25) is 0 Å². The first-order valence-corrected chi connectivity index (χ1v) is 6.47. The van der Waals surface area contributed by atoms with Gasteiger partial charge >= 0.3 is 0 Å². The summed E-state index contributed by atoms with van der Waals surface area (Å²) in [6.07, 6.45) is 0. The Labute approximate surface area is 82.5 Å². The topological polar surface area (TPSA) is 9.23 Å². The van der Waals surface area contributed by atoms with Crippen LogP contribution < -0.4 is 0 Å². The van der Waals surface area contributed by atoms with Crippen molar-refractivity contribution >= 4 is 10.9 Å². The summed E-state index contributed by atoms with van der Waals surface area (Å²) in [4.78, 5) is 1.55. The van der Waals surface area contributed by atoms with E-state index in [-0.39, 0.29) is 10.9 Å². The second kappa shape index (κ2) is 4.16. The van der Waals surface area contributed by atoms with Crippen LogP contribution in [0.1, 0.15) is 5.56 Å². The monoisotopic (exact) mass is 196 g/mol. The van der Waals surface area contributed by atoms with E-state index < -0.39 is 0 Å². The summed E-state index contributed by atoms with van der Waals surface area (Å²) in [5, 5.41) is 0. The van der Waals surface area contributed by atoms with Crippen LogP contribution in [0.15, 0.2) is 29.2 Å². The fourth-order valence-corrected chi connectivity index (χ4v) is 3.59. The third kappa shape index (κ3) is 2.26. The van der Waals surface area contributed by atoms with Gasteiger partial charge in [0.1, 0.15) is 0 Å². The summed E-state index contributed by atoms with van der Waals surface area (Å²) in [5.74, 6) is 2.50. The van der Waals surface area contributed by atoms with Crippen LogP contribution in [0.2, 0.25) is 0 Å². The molecule has 0 N–H and O–H groups in total. The number of aryl methyl sites for hydroxylation is 1. The molecule has 0 aliphatic carbocycles. The lowest BCUT2D eigenvalue weighted by atomic mass is 10.2. The Bertz CT molecular complexity index is 262. The predicted molar refractivity (Wildman–Crippen MR) is 59.0 cm³/mol. The third-order valence-electron chi connectivity index (χ3n) is 2.41. The predicted octanol–water partition coefficient (Wildman–Crippen LogP) is 2.39. The molecule has 1 aromatic carbocycles. The van der Waals surface area contributed by atoms with E-state index in [9.17, 15) is 0 Å². The van der Waals surface area contributed by atoms with E-state index in [0.29, 0.717) is 0 Å². The Morgan fingerprint density at radius 3 is 2.31 bits per heavy atom. The van der Waals surface area contributed by atoms with Crippen LogP contribution in [0.25, 0.3) is 0 Å². The maximum Gasteiger partial charge on any atom is 0.0543 e. The van der Waals surface area contributed by atoms with Crippen LogP contribution in [0.4, 0.5) is 0 Å². The zero-order valence-corrected chi connectivity index (χ0v) is 8.89. The second-order valence-corrected chi connectivity index (χ2v) is 5.93. The van der Waals surface area contributed by atoms with Gasteiger partial charge in [0.25, 0.3) is 0 Å². The normalized spacial score (nSPS) is 20.2. The fraction of sp³-hybridized carbons (Fsp3) is 0.455. The maximum absolute atomic E-state index is 5.36. The number of hydrogen-bond donors (Lipinski definition) is 1. The molecule has 0 aromatic heterocycles. The molecule has 72 valence electrons. The smallest absolute Gasteiger partial charge is 0.0543 e. The first-order valence-electron chi connectivity index (χ1n) is 4.75. The zero-order chi connectivity index (χ0) is 9.10. The molecule has 0 saturated carbocycles. The molecule has 0 atom stereocenters. The highest BCUT2D eigenvalue weighted by molar-refractivity contribution is 8.17. The average Bonchev–Trinajstić information content (AvgIpc) is 2.20. The van der Waals surface area contributed by atoms with Crippen molar-refractivity contribution in [1.29, 1.82) is 0 Å². The summed E-state index contributed by atoms with van der Waals surface area (Å²) in [6.45, 7) is 4.06. The van der Waals surface area contributed by atoms with Crippen LogP contribution in [-0.4, -0.2) is 24.7 Å². The van der Waals surface area contributed by atoms with Crippen LogP contribution >= 0.6 is 10.9 Å². The van der Waals surface area contributed by atoms with Crippen LogP contribution in [0.5, 0.6) is 0 Å². The van der Waals surface area contributed by atoms with E-state index in [1.165, 1.54) is 17.1 Å². The molecule has 0 unspecified atom stereocenters. The lowest BCUT2D eigenvalue weighted by Gasteiger charge is -2.26. The molecule has 1 saturated heterocycles. The highest BCUT2D eigenvalue weighted by atomic mass is 32.2. The Balaban J connectivity index is 2.10. The Hall–Kier alpha value is -0.470. The van der Waals surface area contributed by atoms with E-state index in [2.05, 4.69) is 31.2 Å². The molecule has 2 rings (SSSR count). The summed E-state index contributed by atoms with van der Waals surface area (Å²) < 4.78 is 5.36. The molecule has 0 bridgehead atoms. The van der Waals surface area contributed by atoms with Gasteiger partial charge in [-0.25, -0.2) is 10.9 Å². The van der Waals surface area contributed by atoms with Crippen LogP contribution in [0, 0.1) is 6.92 Å². The van der Waals surface area contributed by atoms with Crippen molar-refractivity contribution in [3.63, 3.8) is 0 Å². The Morgan fingerprint density at radius 2 is 1.69 bits per heavy atom. The molecule has 2 heteroatoms. The zero-order valence-electron chi connectivity index (χ0n) is 7.99. The molecule has 13 heavy (non-hydrogen) atoms. The Kier molecular flexibility index (Phi) is 2.91. The minimum absolute atomic E-state index is 0.0958. The second-order valence-electron chi connectivity index (χ2n) is 3.43. The highest BCUT2D eigenvalue weighted by Crippen LogP contribution is 2.37. The SMILES string of the molecule is Cc1ccc([SH]2CCOCC2)cc1. The summed E-state index contributed by atoms with van der Waals surface area (Å²) in [6, 6.07) is 9.00. The van der Waals surface area contributed by atoms with Gasteiger partial charge in [-0.3, -0.25) is 0 Å². The number of benzene rings is 1. The third-order valence-corrected chi connectivity index (χ3v) is 4.88. The van der Waals surface area contributed by atoms with Gasteiger partial charge < -0.3 is 4.74 Å². The van der Waals surface area contributed by atoms with Crippen LogP contribution in [-0.2, 0) is 4.74 Å². The molecule has 0 spiro atoms. The lowest BCUT2D eigenvalue weighted by molar-refractivity contribution is 0.160. The molecule has 1 heterocycles. The van der Waals surface area contributed by atoms with Gasteiger partial charge in [0.15, 0.2) is 0 Å². The summed E-state index contributed by atoms with van der Waals surface area (Å²) >= 11 is 0. The quantitative estimate of drug-likeness (QED) is 0.679. The molecule has 1 aliphatic heterocycles. The van der Waals surface area contributed by atoms with Gasteiger partial charge in [0.05, 0.1) is 13.2 Å². The first-order chi connectivity index (χ1) is 6.36. The molecule has 1 nitrogen and oxygen atoms in total. The molecule has 1 fully saturated rings. The minimum Gasteiger partial charge on any atom is -0.380 e. The van der Waals surface area contributed by atoms with Crippen molar-refractivity contribution in [3.05, 3.63) is 29.8 Å². The van der Waals surface area contributed by atoms with E-state index >= 15 is 0 Å². The number of hydrogen-bond acceptors (Lipinski definition) is 1. The van der Waals surface area contributed by atoms with E-state index in [4.69, 9.17) is 4.74 Å². The first kappa shape index (κ1) is 9.10. The molecule has 0 amide bonds. The van der Waals surface area contributed by atoms with Gasteiger partial charge in [-0.05, 0) is 11.8 Å².